The third-order valence-corrected chi connectivity index (χ3v) is 4.21. The SMILES string of the molecule is CCN1CCCC1CNC(=O)c1cccc2c1OCCO2.Cl. The molecule has 0 radical (unpaired) electrons. The highest BCUT2D eigenvalue weighted by atomic mass is 35.5. The first-order valence-electron chi connectivity index (χ1n) is 7.70. The summed E-state index contributed by atoms with van der Waals surface area (Å²) in [5.74, 6) is 1.14. The fourth-order valence-electron chi connectivity index (χ4n) is 3.10. The Morgan fingerprint density at radius 1 is 1.36 bits per heavy atom. The predicted octanol–water partition coefficient (Wildman–Crippen LogP) is 2.09. The van der Waals surface area contributed by atoms with Crippen LogP contribution in [-0.4, -0.2) is 49.7 Å². The standard InChI is InChI=1S/C16H22N2O3.ClH/c1-2-18-8-4-5-12(18)11-17-16(19)13-6-3-7-14-15(13)21-10-9-20-14;/h3,6-7,12H,2,4-5,8-11H2,1H3,(H,17,19);1H. The van der Waals surface area contributed by atoms with Crippen LogP contribution in [0.1, 0.15) is 30.1 Å². The molecular formula is C16H23ClN2O3. The van der Waals surface area contributed by atoms with E-state index in [0.717, 1.165) is 19.5 Å². The van der Waals surface area contributed by atoms with Gasteiger partial charge in [-0.05, 0) is 38.1 Å². The molecule has 2 aliphatic heterocycles. The molecule has 5 nitrogen and oxygen atoms in total. The van der Waals surface area contributed by atoms with Crippen molar-refractivity contribution in [2.75, 3.05) is 32.8 Å². The molecule has 1 aromatic carbocycles. The summed E-state index contributed by atoms with van der Waals surface area (Å²) in [4.78, 5) is 14.8. The largest absolute Gasteiger partial charge is 0.486 e. The number of hydrogen-bond donors (Lipinski definition) is 1. The van der Waals surface area contributed by atoms with E-state index >= 15 is 0 Å². The van der Waals surface area contributed by atoms with E-state index < -0.39 is 0 Å². The second-order valence-electron chi connectivity index (χ2n) is 5.46. The normalized spacial score (nSPS) is 20.3. The van der Waals surface area contributed by atoms with Crippen molar-refractivity contribution in [3.8, 4) is 11.5 Å². The van der Waals surface area contributed by atoms with Crippen LogP contribution in [0.25, 0.3) is 0 Å². The molecule has 122 valence electrons. The molecule has 1 unspecified atom stereocenters. The van der Waals surface area contributed by atoms with Crippen LogP contribution in [0.15, 0.2) is 18.2 Å². The van der Waals surface area contributed by atoms with E-state index in [0.29, 0.717) is 42.9 Å². The number of carbonyl (C=O) groups is 1. The molecule has 2 aliphatic rings. The second-order valence-corrected chi connectivity index (χ2v) is 5.46. The summed E-state index contributed by atoms with van der Waals surface area (Å²) in [7, 11) is 0. The van der Waals surface area contributed by atoms with Gasteiger partial charge in [0, 0.05) is 12.6 Å². The van der Waals surface area contributed by atoms with E-state index in [9.17, 15) is 4.79 Å². The van der Waals surface area contributed by atoms with Crippen molar-refractivity contribution < 1.29 is 14.3 Å². The van der Waals surface area contributed by atoms with Gasteiger partial charge in [-0.15, -0.1) is 12.4 Å². The molecule has 1 amide bonds. The Morgan fingerprint density at radius 3 is 3.00 bits per heavy atom. The van der Waals surface area contributed by atoms with Gasteiger partial charge in [-0.2, -0.15) is 0 Å². The number of hydrogen-bond acceptors (Lipinski definition) is 4. The van der Waals surface area contributed by atoms with Crippen LogP contribution in [0.2, 0.25) is 0 Å². The molecule has 1 atom stereocenters. The first kappa shape index (κ1) is 16.9. The third kappa shape index (κ3) is 3.47. The molecule has 1 saturated heterocycles. The molecule has 0 bridgehead atoms. The Hall–Kier alpha value is -1.46. The average molecular weight is 327 g/mol. The highest BCUT2D eigenvalue weighted by Gasteiger charge is 2.25. The minimum Gasteiger partial charge on any atom is -0.486 e. The fraction of sp³-hybridized carbons (Fsp3) is 0.562. The Labute approximate surface area is 137 Å². The molecule has 1 aromatic rings. The lowest BCUT2D eigenvalue weighted by molar-refractivity contribution is 0.0930. The van der Waals surface area contributed by atoms with Crippen LogP contribution in [0.5, 0.6) is 11.5 Å². The number of nitrogens with zero attached hydrogens (tertiary/aromatic N) is 1. The summed E-state index contributed by atoms with van der Waals surface area (Å²) in [6.07, 6.45) is 2.37. The minimum absolute atomic E-state index is 0. The molecule has 1 fully saturated rings. The number of rotatable bonds is 4. The number of fused-ring (bicyclic) bond motifs is 1. The summed E-state index contributed by atoms with van der Waals surface area (Å²) >= 11 is 0. The number of para-hydroxylation sites is 1. The molecule has 2 heterocycles. The first-order chi connectivity index (χ1) is 10.3. The topological polar surface area (TPSA) is 50.8 Å². The van der Waals surface area contributed by atoms with Crippen molar-refractivity contribution >= 4 is 18.3 Å². The van der Waals surface area contributed by atoms with Crippen molar-refractivity contribution in [1.82, 2.24) is 10.2 Å². The van der Waals surface area contributed by atoms with Crippen LogP contribution in [-0.2, 0) is 0 Å². The summed E-state index contributed by atoms with van der Waals surface area (Å²) in [6.45, 7) is 6.05. The van der Waals surface area contributed by atoms with E-state index in [1.165, 1.54) is 6.42 Å². The number of likely N-dealkylation sites (N-methyl/N-ethyl adjacent to an activating group) is 1. The van der Waals surface area contributed by atoms with Crippen LogP contribution in [0, 0.1) is 0 Å². The number of benzene rings is 1. The van der Waals surface area contributed by atoms with Crippen molar-refractivity contribution in [2.45, 2.75) is 25.8 Å². The fourth-order valence-corrected chi connectivity index (χ4v) is 3.10. The maximum absolute atomic E-state index is 12.4. The zero-order valence-corrected chi connectivity index (χ0v) is 13.7. The number of amides is 1. The van der Waals surface area contributed by atoms with Gasteiger partial charge in [0.2, 0.25) is 0 Å². The predicted molar refractivity (Wildman–Crippen MR) is 87.3 cm³/mol. The van der Waals surface area contributed by atoms with E-state index in [1.807, 2.05) is 12.1 Å². The smallest absolute Gasteiger partial charge is 0.255 e. The van der Waals surface area contributed by atoms with Gasteiger partial charge >= 0.3 is 0 Å². The number of nitrogens with one attached hydrogen (secondary N) is 1. The highest BCUT2D eigenvalue weighted by Crippen LogP contribution is 2.33. The summed E-state index contributed by atoms with van der Waals surface area (Å²) in [6, 6.07) is 5.91. The van der Waals surface area contributed by atoms with Gasteiger partial charge in [-0.25, -0.2) is 0 Å². The highest BCUT2D eigenvalue weighted by molar-refractivity contribution is 5.97. The van der Waals surface area contributed by atoms with E-state index in [2.05, 4.69) is 17.1 Å². The molecule has 1 N–H and O–H groups in total. The van der Waals surface area contributed by atoms with Crippen LogP contribution < -0.4 is 14.8 Å². The Balaban J connectivity index is 0.00000176. The van der Waals surface area contributed by atoms with E-state index in [4.69, 9.17) is 9.47 Å². The molecule has 0 saturated carbocycles. The quantitative estimate of drug-likeness (QED) is 0.920. The number of carbonyl (C=O) groups excluding carboxylic acids is 1. The van der Waals surface area contributed by atoms with Crippen LogP contribution in [0.3, 0.4) is 0 Å². The summed E-state index contributed by atoms with van der Waals surface area (Å²) in [5, 5.41) is 3.04. The van der Waals surface area contributed by atoms with Crippen molar-refractivity contribution in [2.24, 2.45) is 0 Å². The summed E-state index contributed by atoms with van der Waals surface area (Å²) in [5.41, 5.74) is 0.563. The zero-order valence-electron chi connectivity index (χ0n) is 12.8. The molecule has 6 heteroatoms. The lowest BCUT2D eigenvalue weighted by atomic mass is 10.1. The Bertz CT molecular complexity index is 524. The van der Waals surface area contributed by atoms with Crippen LogP contribution in [0.4, 0.5) is 0 Å². The van der Waals surface area contributed by atoms with Crippen molar-refractivity contribution in [1.29, 1.82) is 0 Å². The number of halogens is 1. The summed E-state index contributed by atoms with van der Waals surface area (Å²) < 4.78 is 11.1. The molecule has 0 aliphatic carbocycles. The molecular weight excluding hydrogens is 304 g/mol. The lowest BCUT2D eigenvalue weighted by Gasteiger charge is -2.24. The maximum atomic E-state index is 12.4. The van der Waals surface area contributed by atoms with Crippen molar-refractivity contribution in [3.63, 3.8) is 0 Å². The zero-order chi connectivity index (χ0) is 14.7. The van der Waals surface area contributed by atoms with Gasteiger partial charge in [0.1, 0.15) is 13.2 Å². The Morgan fingerprint density at radius 2 is 2.18 bits per heavy atom. The van der Waals surface area contributed by atoms with Crippen LogP contribution >= 0.6 is 12.4 Å². The third-order valence-electron chi connectivity index (χ3n) is 4.21. The van der Waals surface area contributed by atoms with Gasteiger partial charge in [-0.1, -0.05) is 13.0 Å². The van der Waals surface area contributed by atoms with Crippen molar-refractivity contribution in [3.05, 3.63) is 23.8 Å². The molecule has 0 spiro atoms. The van der Waals surface area contributed by atoms with Gasteiger partial charge in [0.25, 0.3) is 5.91 Å². The molecule has 22 heavy (non-hydrogen) atoms. The average Bonchev–Trinajstić information content (AvgIpc) is 2.99. The first-order valence-corrected chi connectivity index (χ1v) is 7.70. The van der Waals surface area contributed by atoms with E-state index in [-0.39, 0.29) is 18.3 Å². The maximum Gasteiger partial charge on any atom is 0.255 e. The number of ether oxygens (including phenoxy) is 2. The van der Waals surface area contributed by atoms with Gasteiger partial charge in [0.15, 0.2) is 11.5 Å². The van der Waals surface area contributed by atoms with Gasteiger partial charge in [-0.3, -0.25) is 9.69 Å². The van der Waals surface area contributed by atoms with Gasteiger partial charge < -0.3 is 14.8 Å². The lowest BCUT2D eigenvalue weighted by Crippen LogP contribution is -2.40. The monoisotopic (exact) mass is 326 g/mol. The number of likely N-dealkylation sites (tertiary alicyclic amines) is 1. The van der Waals surface area contributed by atoms with E-state index in [1.54, 1.807) is 6.07 Å². The second kappa shape index (κ2) is 7.70. The molecule has 3 rings (SSSR count). The minimum atomic E-state index is -0.0831. The molecule has 0 aromatic heterocycles. The van der Waals surface area contributed by atoms with Gasteiger partial charge in [0.05, 0.1) is 5.56 Å². The Kier molecular flexibility index (Phi) is 5.91.